The van der Waals surface area contributed by atoms with Crippen molar-refractivity contribution in [3.63, 3.8) is 0 Å². The van der Waals surface area contributed by atoms with Gasteiger partial charge in [0, 0.05) is 13.1 Å². The molecule has 1 amide bonds. The first-order chi connectivity index (χ1) is 18.8. The topological polar surface area (TPSA) is 90.7 Å². The van der Waals surface area contributed by atoms with Gasteiger partial charge < -0.3 is 14.4 Å². The number of ether oxygens (including phenoxy) is 2. The number of aromatic nitrogens is 2. The highest BCUT2D eigenvalue weighted by Crippen LogP contribution is 2.27. The number of halogens is 1. The predicted octanol–water partition coefficient (Wildman–Crippen LogP) is 6.41. The summed E-state index contributed by atoms with van der Waals surface area (Å²) >= 11 is 6.62. The highest BCUT2D eigenvalue weighted by atomic mass is 35.5. The summed E-state index contributed by atoms with van der Waals surface area (Å²) in [5.74, 6) is -1.45. The van der Waals surface area contributed by atoms with Crippen molar-refractivity contribution in [1.29, 1.82) is 0 Å². The Bertz CT molecular complexity index is 1280. The van der Waals surface area contributed by atoms with Crippen LogP contribution in [0.2, 0.25) is 5.02 Å². The second-order valence-corrected chi connectivity index (χ2v) is 9.55. The molecule has 0 bridgehead atoms. The number of amides is 1. The lowest BCUT2D eigenvalue weighted by Gasteiger charge is -2.21. The van der Waals surface area contributed by atoms with Crippen LogP contribution in [0.3, 0.4) is 0 Å². The van der Waals surface area contributed by atoms with Gasteiger partial charge in [-0.05, 0) is 50.5 Å². The summed E-state index contributed by atoms with van der Waals surface area (Å²) < 4.78 is 12.2. The summed E-state index contributed by atoms with van der Waals surface area (Å²) in [4.78, 5) is 41.0. The molecular formula is C30H36ClN3O5. The highest BCUT2D eigenvalue weighted by molar-refractivity contribution is 6.34. The molecule has 208 valence electrons. The molecule has 3 rings (SSSR count). The van der Waals surface area contributed by atoms with E-state index in [2.05, 4.69) is 18.9 Å². The fourth-order valence-corrected chi connectivity index (χ4v) is 4.24. The number of unbranched alkanes of at least 4 members (excludes halogenated alkanes) is 2. The van der Waals surface area contributed by atoms with E-state index in [1.54, 1.807) is 30.9 Å². The van der Waals surface area contributed by atoms with Gasteiger partial charge in [0.1, 0.15) is 6.61 Å². The number of hydrogen-bond donors (Lipinski definition) is 0. The van der Waals surface area contributed by atoms with Gasteiger partial charge in [-0.15, -0.1) is 0 Å². The van der Waals surface area contributed by atoms with Crippen LogP contribution in [0.5, 0.6) is 0 Å². The van der Waals surface area contributed by atoms with Crippen molar-refractivity contribution in [3.8, 4) is 5.69 Å². The third-order valence-electron chi connectivity index (χ3n) is 6.26. The van der Waals surface area contributed by atoms with Crippen LogP contribution >= 0.6 is 11.6 Å². The third kappa shape index (κ3) is 7.47. The number of hydrogen-bond acceptors (Lipinski definition) is 6. The van der Waals surface area contributed by atoms with Gasteiger partial charge in [-0.1, -0.05) is 68.6 Å². The smallest absolute Gasteiger partial charge is 0.340 e. The molecule has 0 atom stereocenters. The van der Waals surface area contributed by atoms with Crippen molar-refractivity contribution in [3.05, 3.63) is 81.6 Å². The monoisotopic (exact) mass is 553 g/mol. The number of carbonyl (C=O) groups excluding carboxylic acids is 3. The van der Waals surface area contributed by atoms with Gasteiger partial charge in [0.05, 0.1) is 34.1 Å². The lowest BCUT2D eigenvalue weighted by atomic mass is 10.1. The van der Waals surface area contributed by atoms with Crippen molar-refractivity contribution >= 4 is 29.4 Å². The van der Waals surface area contributed by atoms with Crippen molar-refractivity contribution in [2.45, 2.75) is 60.0 Å². The molecule has 0 N–H and O–H groups in total. The van der Waals surface area contributed by atoms with Crippen LogP contribution in [0.4, 0.5) is 0 Å². The second kappa shape index (κ2) is 14.5. The first-order valence-electron chi connectivity index (χ1n) is 13.4. The van der Waals surface area contributed by atoms with E-state index in [0.717, 1.165) is 31.2 Å². The van der Waals surface area contributed by atoms with E-state index in [9.17, 15) is 14.4 Å². The molecule has 1 heterocycles. The van der Waals surface area contributed by atoms with E-state index < -0.39 is 11.9 Å². The Labute approximate surface area is 234 Å². The van der Waals surface area contributed by atoms with E-state index in [1.165, 1.54) is 10.7 Å². The van der Waals surface area contributed by atoms with E-state index in [0.29, 0.717) is 24.5 Å². The molecule has 0 saturated heterocycles. The van der Waals surface area contributed by atoms with E-state index in [-0.39, 0.29) is 41.0 Å². The van der Waals surface area contributed by atoms with Crippen molar-refractivity contribution in [2.75, 3.05) is 19.7 Å². The number of rotatable bonds is 13. The largest absolute Gasteiger partial charge is 0.462 e. The maximum absolute atomic E-state index is 13.4. The number of nitrogens with zero attached hydrogens (tertiary/aromatic N) is 3. The molecule has 0 aliphatic heterocycles. The van der Waals surface area contributed by atoms with Gasteiger partial charge in [0.2, 0.25) is 0 Å². The summed E-state index contributed by atoms with van der Waals surface area (Å²) in [6.45, 7) is 9.06. The molecular weight excluding hydrogens is 518 g/mol. The second-order valence-electron chi connectivity index (χ2n) is 9.17. The van der Waals surface area contributed by atoms with E-state index >= 15 is 0 Å². The van der Waals surface area contributed by atoms with Crippen molar-refractivity contribution in [2.24, 2.45) is 0 Å². The molecule has 2 aromatic carbocycles. The number of benzene rings is 2. The molecule has 3 aromatic rings. The molecule has 9 heteroatoms. The molecule has 0 aliphatic carbocycles. The van der Waals surface area contributed by atoms with Crippen LogP contribution in [0.15, 0.2) is 48.5 Å². The third-order valence-corrected chi connectivity index (χ3v) is 6.72. The molecule has 0 spiro atoms. The number of carbonyl (C=O) groups is 3. The van der Waals surface area contributed by atoms with Crippen LogP contribution in [0.1, 0.15) is 88.9 Å². The summed E-state index contributed by atoms with van der Waals surface area (Å²) in [6, 6.07) is 13.9. The Morgan fingerprint density at radius 1 is 0.923 bits per heavy atom. The van der Waals surface area contributed by atoms with Crippen LogP contribution in [0.25, 0.3) is 5.69 Å². The van der Waals surface area contributed by atoms with Crippen LogP contribution in [0, 0.1) is 6.92 Å². The van der Waals surface area contributed by atoms with Crippen LogP contribution in [-0.4, -0.2) is 52.2 Å². The van der Waals surface area contributed by atoms with Gasteiger partial charge in [-0.25, -0.2) is 14.3 Å². The SMILES string of the molecule is CCCCN(CCCC)C(=O)c1nn(-c2ccc(C(=O)OCc3ccccc3)cc2C(=O)OCC)c(C)c1Cl. The lowest BCUT2D eigenvalue weighted by molar-refractivity contribution is 0.0472. The number of esters is 2. The molecule has 0 radical (unpaired) electrons. The summed E-state index contributed by atoms with van der Waals surface area (Å²) in [6.07, 6.45) is 3.67. The molecule has 0 saturated carbocycles. The average molecular weight is 554 g/mol. The molecule has 39 heavy (non-hydrogen) atoms. The van der Waals surface area contributed by atoms with E-state index in [1.807, 2.05) is 30.3 Å². The summed E-state index contributed by atoms with van der Waals surface area (Å²) in [7, 11) is 0. The zero-order valence-corrected chi connectivity index (χ0v) is 23.8. The fraction of sp³-hybridized carbons (Fsp3) is 0.400. The predicted molar refractivity (Wildman–Crippen MR) is 151 cm³/mol. The summed E-state index contributed by atoms with van der Waals surface area (Å²) in [5.41, 5.74) is 2.12. The molecule has 1 aromatic heterocycles. The van der Waals surface area contributed by atoms with Crippen molar-refractivity contribution < 1.29 is 23.9 Å². The van der Waals surface area contributed by atoms with Crippen molar-refractivity contribution in [1.82, 2.24) is 14.7 Å². The Morgan fingerprint density at radius 3 is 2.21 bits per heavy atom. The molecule has 0 unspecified atom stereocenters. The van der Waals surface area contributed by atoms with Gasteiger partial charge in [0.15, 0.2) is 5.69 Å². The molecule has 0 fully saturated rings. The standard InChI is InChI=1S/C30H36ClN3O5/c1-5-8-17-33(18-9-6-2)28(35)27-26(31)21(4)34(32-27)25-16-15-23(19-24(25)30(37)38-7-3)29(36)39-20-22-13-11-10-12-14-22/h10-16,19H,5-9,17-18,20H2,1-4H3. The Balaban J connectivity index is 1.96. The van der Waals surface area contributed by atoms with E-state index in [4.69, 9.17) is 21.1 Å². The zero-order valence-electron chi connectivity index (χ0n) is 23.0. The van der Waals surface area contributed by atoms with Crippen LogP contribution in [-0.2, 0) is 16.1 Å². The highest BCUT2D eigenvalue weighted by Gasteiger charge is 2.27. The minimum absolute atomic E-state index is 0.0993. The molecule has 0 aliphatic rings. The quantitative estimate of drug-likeness (QED) is 0.227. The van der Waals surface area contributed by atoms with Crippen LogP contribution < -0.4 is 0 Å². The Morgan fingerprint density at radius 2 is 1.59 bits per heavy atom. The Kier molecular flexibility index (Phi) is 11.1. The lowest BCUT2D eigenvalue weighted by Crippen LogP contribution is -2.33. The maximum Gasteiger partial charge on any atom is 0.340 e. The van der Waals surface area contributed by atoms with Gasteiger partial charge >= 0.3 is 11.9 Å². The normalized spacial score (nSPS) is 10.8. The molecule has 8 nitrogen and oxygen atoms in total. The fourth-order valence-electron chi connectivity index (χ4n) is 4.04. The Hall–Kier alpha value is -3.65. The van der Waals surface area contributed by atoms with Gasteiger partial charge in [-0.3, -0.25) is 4.79 Å². The minimum atomic E-state index is -0.628. The zero-order chi connectivity index (χ0) is 28.4. The maximum atomic E-state index is 13.4. The summed E-state index contributed by atoms with van der Waals surface area (Å²) in [5, 5.41) is 4.76. The van der Waals surface area contributed by atoms with Gasteiger partial charge in [-0.2, -0.15) is 5.10 Å². The van der Waals surface area contributed by atoms with Gasteiger partial charge in [0.25, 0.3) is 5.91 Å². The minimum Gasteiger partial charge on any atom is -0.462 e. The first-order valence-corrected chi connectivity index (χ1v) is 13.8. The first kappa shape index (κ1) is 29.9. The average Bonchev–Trinajstić information content (AvgIpc) is 3.25.